The fourth-order valence-electron chi connectivity index (χ4n) is 3.03. The number of anilines is 1. The Morgan fingerprint density at radius 3 is 2.75 bits per heavy atom. The Labute approximate surface area is 148 Å². The number of carbonyl (C=O) groups is 1. The van der Waals surface area contributed by atoms with Gasteiger partial charge in [0.15, 0.2) is 0 Å². The SMILES string of the molecule is CC1CCc2ccccc2N1C(=O)CSCCOc1ccccc1. The van der Waals surface area contributed by atoms with Crippen LogP contribution in [-0.2, 0) is 11.2 Å². The molecule has 126 valence electrons. The van der Waals surface area contributed by atoms with E-state index in [1.165, 1.54) is 5.56 Å². The molecule has 0 saturated heterocycles. The molecule has 2 aromatic carbocycles. The van der Waals surface area contributed by atoms with Gasteiger partial charge in [-0.2, -0.15) is 0 Å². The first-order valence-corrected chi connectivity index (χ1v) is 9.57. The minimum atomic E-state index is 0.194. The van der Waals surface area contributed by atoms with Gasteiger partial charge in [-0.1, -0.05) is 36.4 Å². The smallest absolute Gasteiger partial charge is 0.237 e. The van der Waals surface area contributed by atoms with Crippen molar-refractivity contribution in [2.75, 3.05) is 23.0 Å². The molecule has 2 aromatic rings. The second-order valence-corrected chi connectivity index (χ2v) is 7.10. The van der Waals surface area contributed by atoms with Crippen LogP contribution in [0.1, 0.15) is 18.9 Å². The van der Waals surface area contributed by atoms with Gasteiger partial charge in [-0.15, -0.1) is 11.8 Å². The minimum absolute atomic E-state index is 0.194. The second-order valence-electron chi connectivity index (χ2n) is 5.99. The zero-order valence-corrected chi connectivity index (χ0v) is 14.8. The minimum Gasteiger partial charge on any atom is -0.493 e. The average Bonchev–Trinajstić information content (AvgIpc) is 2.62. The molecule has 4 heteroatoms. The maximum atomic E-state index is 12.7. The maximum Gasteiger partial charge on any atom is 0.237 e. The zero-order valence-electron chi connectivity index (χ0n) is 14.0. The number of rotatable bonds is 6. The van der Waals surface area contributed by atoms with Gasteiger partial charge in [0, 0.05) is 17.5 Å². The highest BCUT2D eigenvalue weighted by atomic mass is 32.2. The molecule has 0 bridgehead atoms. The van der Waals surface area contributed by atoms with Crippen LogP contribution in [0.2, 0.25) is 0 Å². The van der Waals surface area contributed by atoms with Gasteiger partial charge >= 0.3 is 0 Å². The van der Waals surface area contributed by atoms with Gasteiger partial charge in [0.2, 0.25) is 5.91 Å². The fourth-order valence-corrected chi connectivity index (χ4v) is 3.69. The molecule has 0 fully saturated rings. The summed E-state index contributed by atoms with van der Waals surface area (Å²) in [5.74, 6) is 2.38. The number of hydrogen-bond donors (Lipinski definition) is 0. The van der Waals surface area contributed by atoms with Crippen LogP contribution < -0.4 is 9.64 Å². The molecule has 1 aliphatic heterocycles. The molecule has 1 amide bonds. The molecule has 1 heterocycles. The third kappa shape index (κ3) is 4.12. The monoisotopic (exact) mass is 341 g/mol. The van der Waals surface area contributed by atoms with E-state index < -0.39 is 0 Å². The van der Waals surface area contributed by atoms with E-state index in [2.05, 4.69) is 19.1 Å². The lowest BCUT2D eigenvalue weighted by molar-refractivity contribution is -0.116. The molecule has 0 radical (unpaired) electrons. The van der Waals surface area contributed by atoms with Crippen LogP contribution in [0.3, 0.4) is 0 Å². The number of para-hydroxylation sites is 2. The second kappa shape index (κ2) is 8.25. The van der Waals surface area contributed by atoms with E-state index in [0.29, 0.717) is 12.4 Å². The molecule has 1 unspecified atom stereocenters. The van der Waals surface area contributed by atoms with Crippen LogP contribution in [0.4, 0.5) is 5.69 Å². The van der Waals surface area contributed by atoms with Crippen LogP contribution in [0, 0.1) is 0 Å². The highest BCUT2D eigenvalue weighted by Crippen LogP contribution is 2.30. The summed E-state index contributed by atoms with van der Waals surface area (Å²) in [6.45, 7) is 2.76. The first-order valence-electron chi connectivity index (χ1n) is 8.41. The van der Waals surface area contributed by atoms with Crippen LogP contribution in [-0.4, -0.2) is 30.1 Å². The molecule has 0 N–H and O–H groups in total. The zero-order chi connectivity index (χ0) is 16.8. The number of hydrogen-bond acceptors (Lipinski definition) is 3. The average molecular weight is 341 g/mol. The van der Waals surface area contributed by atoms with Gasteiger partial charge in [-0.05, 0) is 43.5 Å². The Hall–Kier alpha value is -1.94. The maximum absolute atomic E-state index is 12.7. The van der Waals surface area contributed by atoms with E-state index in [1.807, 2.05) is 47.4 Å². The van der Waals surface area contributed by atoms with Crippen LogP contribution in [0.15, 0.2) is 54.6 Å². The van der Waals surface area contributed by atoms with Crippen molar-refractivity contribution in [1.82, 2.24) is 0 Å². The summed E-state index contributed by atoms with van der Waals surface area (Å²) in [5.41, 5.74) is 2.36. The molecule has 0 aliphatic carbocycles. The van der Waals surface area contributed by atoms with E-state index in [-0.39, 0.29) is 11.9 Å². The lowest BCUT2D eigenvalue weighted by Gasteiger charge is -2.35. The molecule has 0 saturated carbocycles. The first kappa shape index (κ1) is 16.9. The van der Waals surface area contributed by atoms with E-state index in [0.717, 1.165) is 30.0 Å². The summed E-state index contributed by atoms with van der Waals surface area (Å²) in [6, 6.07) is 18.3. The molecule has 0 aromatic heterocycles. The summed E-state index contributed by atoms with van der Waals surface area (Å²) in [4.78, 5) is 14.6. The molecule has 3 rings (SSSR count). The van der Waals surface area contributed by atoms with Crippen molar-refractivity contribution in [2.45, 2.75) is 25.8 Å². The summed E-state index contributed by atoms with van der Waals surface area (Å²) in [5, 5.41) is 0. The van der Waals surface area contributed by atoms with Gasteiger partial charge in [0.1, 0.15) is 5.75 Å². The molecule has 0 spiro atoms. The molecule has 3 nitrogen and oxygen atoms in total. The number of amides is 1. The summed E-state index contributed by atoms with van der Waals surface area (Å²) in [6.07, 6.45) is 2.09. The fraction of sp³-hybridized carbons (Fsp3) is 0.350. The van der Waals surface area contributed by atoms with Gasteiger partial charge < -0.3 is 9.64 Å². The van der Waals surface area contributed by atoms with Gasteiger partial charge in [0.05, 0.1) is 12.4 Å². The van der Waals surface area contributed by atoms with E-state index >= 15 is 0 Å². The van der Waals surface area contributed by atoms with Gasteiger partial charge in [0.25, 0.3) is 0 Å². The number of carbonyl (C=O) groups excluding carboxylic acids is 1. The molecule has 24 heavy (non-hydrogen) atoms. The largest absolute Gasteiger partial charge is 0.493 e. The van der Waals surface area contributed by atoms with Crippen molar-refractivity contribution in [1.29, 1.82) is 0 Å². The Balaban J connectivity index is 1.48. The van der Waals surface area contributed by atoms with E-state index in [1.54, 1.807) is 11.8 Å². The highest BCUT2D eigenvalue weighted by Gasteiger charge is 2.27. The predicted molar refractivity (Wildman–Crippen MR) is 101 cm³/mol. The van der Waals surface area contributed by atoms with Crippen molar-refractivity contribution in [3.63, 3.8) is 0 Å². The Morgan fingerprint density at radius 2 is 1.92 bits per heavy atom. The highest BCUT2D eigenvalue weighted by molar-refractivity contribution is 7.99. The van der Waals surface area contributed by atoms with Crippen LogP contribution >= 0.6 is 11.8 Å². The van der Waals surface area contributed by atoms with Crippen molar-refractivity contribution < 1.29 is 9.53 Å². The predicted octanol–water partition coefficient (Wildman–Crippen LogP) is 4.17. The Kier molecular flexibility index (Phi) is 5.81. The number of thioether (sulfide) groups is 1. The third-order valence-electron chi connectivity index (χ3n) is 4.26. The molecular weight excluding hydrogens is 318 g/mol. The molecular formula is C20H23NO2S. The number of benzene rings is 2. The van der Waals surface area contributed by atoms with Crippen molar-refractivity contribution in [3.8, 4) is 5.75 Å². The summed E-state index contributed by atoms with van der Waals surface area (Å²) in [7, 11) is 0. The van der Waals surface area contributed by atoms with Crippen molar-refractivity contribution >= 4 is 23.4 Å². The van der Waals surface area contributed by atoms with E-state index in [9.17, 15) is 4.79 Å². The Morgan fingerprint density at radius 1 is 1.17 bits per heavy atom. The number of fused-ring (bicyclic) bond motifs is 1. The van der Waals surface area contributed by atoms with Gasteiger partial charge in [-0.25, -0.2) is 0 Å². The number of ether oxygens (including phenoxy) is 1. The van der Waals surface area contributed by atoms with Crippen LogP contribution in [0.5, 0.6) is 5.75 Å². The first-order chi connectivity index (χ1) is 11.8. The number of nitrogens with zero attached hydrogens (tertiary/aromatic N) is 1. The van der Waals surface area contributed by atoms with E-state index in [4.69, 9.17) is 4.74 Å². The lowest BCUT2D eigenvalue weighted by Crippen LogP contribution is -2.43. The standard InChI is InChI=1S/C20H23NO2S/c1-16-11-12-17-7-5-6-10-19(17)21(16)20(22)15-24-14-13-23-18-8-3-2-4-9-18/h2-10,16H,11-15H2,1H3. The third-order valence-corrected chi connectivity index (χ3v) is 5.16. The quantitative estimate of drug-likeness (QED) is 0.739. The van der Waals surface area contributed by atoms with Gasteiger partial charge in [-0.3, -0.25) is 4.79 Å². The summed E-state index contributed by atoms with van der Waals surface area (Å²) >= 11 is 1.63. The van der Waals surface area contributed by atoms with Crippen molar-refractivity contribution in [3.05, 3.63) is 60.2 Å². The topological polar surface area (TPSA) is 29.5 Å². The summed E-state index contributed by atoms with van der Waals surface area (Å²) < 4.78 is 5.66. The normalized spacial score (nSPS) is 16.5. The molecule has 1 atom stereocenters. The molecule has 1 aliphatic rings. The number of aryl methyl sites for hydroxylation is 1. The Bertz CT molecular complexity index is 674. The lowest BCUT2D eigenvalue weighted by atomic mass is 9.97. The van der Waals surface area contributed by atoms with Crippen molar-refractivity contribution in [2.24, 2.45) is 0 Å². The van der Waals surface area contributed by atoms with Crippen LogP contribution in [0.25, 0.3) is 0 Å².